The zero-order chi connectivity index (χ0) is 20.8. The summed E-state index contributed by atoms with van der Waals surface area (Å²) in [5.74, 6) is -2.22. The standard InChI is InChI=1S/C9H11FO3S.C8H9FO3S/c1-3-14(11,12)7-4-5-9(13-2)8(10)6-7;1-2-13(11,12)6-3-4-8(10)7(9)5-6/h4-6H,3H2,1-2H3;3-5,10H,2H2,1H3. The Morgan fingerprint density at radius 2 is 1.30 bits per heavy atom. The quantitative estimate of drug-likeness (QED) is 0.796. The van der Waals surface area contributed by atoms with Gasteiger partial charge in [-0.25, -0.2) is 25.6 Å². The summed E-state index contributed by atoms with van der Waals surface area (Å²) < 4.78 is 75.7. The van der Waals surface area contributed by atoms with E-state index in [-0.39, 0.29) is 27.0 Å². The van der Waals surface area contributed by atoms with E-state index in [4.69, 9.17) is 5.11 Å². The molecule has 2 aromatic rings. The monoisotopic (exact) mass is 422 g/mol. The summed E-state index contributed by atoms with van der Waals surface area (Å²) in [6, 6.07) is 6.62. The van der Waals surface area contributed by atoms with E-state index in [1.807, 2.05) is 0 Å². The van der Waals surface area contributed by atoms with Gasteiger partial charge in [0.1, 0.15) is 0 Å². The maximum absolute atomic E-state index is 13.1. The minimum atomic E-state index is -3.39. The number of phenols is 1. The van der Waals surface area contributed by atoms with Gasteiger partial charge in [-0.05, 0) is 36.4 Å². The fourth-order valence-corrected chi connectivity index (χ4v) is 3.64. The molecule has 0 amide bonds. The maximum Gasteiger partial charge on any atom is 0.178 e. The van der Waals surface area contributed by atoms with Gasteiger partial charge < -0.3 is 9.84 Å². The van der Waals surface area contributed by atoms with Crippen molar-refractivity contribution >= 4 is 19.7 Å². The Hall–Kier alpha value is -2.20. The van der Waals surface area contributed by atoms with Crippen molar-refractivity contribution in [2.75, 3.05) is 18.6 Å². The second kappa shape index (κ2) is 9.14. The number of hydrogen-bond donors (Lipinski definition) is 1. The first-order chi connectivity index (χ1) is 12.5. The van der Waals surface area contributed by atoms with Crippen molar-refractivity contribution in [1.29, 1.82) is 0 Å². The number of ether oxygens (including phenoxy) is 1. The molecule has 0 bridgehead atoms. The number of hydrogen-bond acceptors (Lipinski definition) is 6. The second-order valence-electron chi connectivity index (χ2n) is 5.22. The van der Waals surface area contributed by atoms with Crippen molar-refractivity contribution in [1.82, 2.24) is 0 Å². The smallest absolute Gasteiger partial charge is 0.178 e. The van der Waals surface area contributed by atoms with Gasteiger partial charge in [0.2, 0.25) is 0 Å². The highest BCUT2D eigenvalue weighted by Crippen LogP contribution is 2.21. The van der Waals surface area contributed by atoms with Gasteiger partial charge in [0.05, 0.1) is 28.4 Å². The molecule has 150 valence electrons. The Labute approximate surface area is 157 Å². The zero-order valence-electron chi connectivity index (χ0n) is 14.9. The molecule has 0 fully saturated rings. The Morgan fingerprint density at radius 3 is 1.67 bits per heavy atom. The normalized spacial score (nSPS) is 11.4. The molecule has 6 nitrogen and oxygen atoms in total. The number of halogens is 2. The molecule has 0 saturated carbocycles. The first-order valence-corrected chi connectivity index (χ1v) is 11.1. The van der Waals surface area contributed by atoms with E-state index in [0.717, 1.165) is 18.2 Å². The third-order valence-electron chi connectivity index (χ3n) is 3.52. The number of methoxy groups -OCH3 is 1. The van der Waals surface area contributed by atoms with Crippen molar-refractivity contribution in [3.63, 3.8) is 0 Å². The van der Waals surface area contributed by atoms with E-state index in [0.29, 0.717) is 0 Å². The molecule has 0 atom stereocenters. The topological polar surface area (TPSA) is 97.7 Å². The number of rotatable bonds is 5. The first kappa shape index (κ1) is 22.8. The van der Waals surface area contributed by atoms with Crippen LogP contribution in [0.5, 0.6) is 11.5 Å². The van der Waals surface area contributed by atoms with E-state index < -0.39 is 37.1 Å². The highest BCUT2D eigenvalue weighted by atomic mass is 32.2. The maximum atomic E-state index is 13.1. The van der Waals surface area contributed by atoms with Crippen LogP contribution in [0.1, 0.15) is 13.8 Å². The molecular weight excluding hydrogens is 402 g/mol. The van der Waals surface area contributed by atoms with Gasteiger partial charge in [0.15, 0.2) is 42.8 Å². The van der Waals surface area contributed by atoms with Crippen LogP contribution >= 0.6 is 0 Å². The van der Waals surface area contributed by atoms with Crippen molar-refractivity contribution in [3.8, 4) is 11.5 Å². The lowest BCUT2D eigenvalue weighted by Gasteiger charge is -2.04. The van der Waals surface area contributed by atoms with Crippen LogP contribution in [0, 0.1) is 11.6 Å². The molecule has 1 N–H and O–H groups in total. The number of aromatic hydroxyl groups is 1. The van der Waals surface area contributed by atoms with Crippen LogP contribution in [0.3, 0.4) is 0 Å². The third-order valence-corrected chi connectivity index (χ3v) is 6.99. The molecule has 0 spiro atoms. The Kier molecular flexibility index (Phi) is 7.73. The summed E-state index contributed by atoms with van der Waals surface area (Å²) >= 11 is 0. The fourth-order valence-electron chi connectivity index (χ4n) is 1.85. The van der Waals surface area contributed by atoms with Gasteiger partial charge in [-0.3, -0.25) is 0 Å². The molecule has 0 aliphatic rings. The second-order valence-corrected chi connectivity index (χ2v) is 9.77. The molecule has 2 aromatic carbocycles. The van der Waals surface area contributed by atoms with Crippen LogP contribution < -0.4 is 4.74 Å². The first-order valence-electron chi connectivity index (χ1n) is 7.76. The van der Waals surface area contributed by atoms with Gasteiger partial charge in [-0.15, -0.1) is 0 Å². The van der Waals surface area contributed by atoms with Crippen LogP contribution in [0.4, 0.5) is 8.78 Å². The lowest BCUT2D eigenvalue weighted by molar-refractivity contribution is 0.385. The molecule has 10 heteroatoms. The fraction of sp³-hybridized carbons (Fsp3) is 0.294. The summed E-state index contributed by atoms with van der Waals surface area (Å²) in [5.41, 5.74) is 0. The Bertz CT molecular complexity index is 1000. The van der Waals surface area contributed by atoms with E-state index >= 15 is 0 Å². The molecule has 2 rings (SSSR count). The van der Waals surface area contributed by atoms with E-state index in [1.165, 1.54) is 39.2 Å². The summed E-state index contributed by atoms with van der Waals surface area (Å²) in [7, 11) is -5.40. The molecule has 0 aliphatic carbocycles. The molecule has 0 unspecified atom stereocenters. The number of benzene rings is 2. The Morgan fingerprint density at radius 1 is 0.852 bits per heavy atom. The zero-order valence-corrected chi connectivity index (χ0v) is 16.6. The van der Waals surface area contributed by atoms with Gasteiger partial charge in [-0.2, -0.15) is 0 Å². The largest absolute Gasteiger partial charge is 0.505 e. The van der Waals surface area contributed by atoms with E-state index in [9.17, 15) is 25.6 Å². The minimum absolute atomic E-state index is 0.0155. The van der Waals surface area contributed by atoms with Crippen molar-refractivity contribution in [2.45, 2.75) is 23.6 Å². The van der Waals surface area contributed by atoms with Crippen LogP contribution in [-0.4, -0.2) is 40.6 Å². The molecule has 27 heavy (non-hydrogen) atoms. The number of phenolic OH excluding ortho intramolecular Hbond substituents is 1. The molecule has 0 saturated heterocycles. The third kappa shape index (κ3) is 5.90. The van der Waals surface area contributed by atoms with E-state index in [1.54, 1.807) is 0 Å². The SMILES string of the molecule is CCS(=O)(=O)c1ccc(O)c(F)c1.CCS(=O)(=O)c1ccc(OC)c(F)c1. The summed E-state index contributed by atoms with van der Waals surface area (Å²) in [6.45, 7) is 2.98. The Balaban J connectivity index is 0.000000271. The average molecular weight is 422 g/mol. The molecular formula is C17H20F2O6S2. The average Bonchev–Trinajstić information content (AvgIpc) is 2.64. The van der Waals surface area contributed by atoms with Gasteiger partial charge in [0.25, 0.3) is 0 Å². The summed E-state index contributed by atoms with van der Waals surface area (Å²) in [4.78, 5) is -0.122. The van der Waals surface area contributed by atoms with Crippen LogP contribution in [0.25, 0.3) is 0 Å². The van der Waals surface area contributed by atoms with Crippen LogP contribution in [-0.2, 0) is 19.7 Å². The lowest BCUT2D eigenvalue weighted by Crippen LogP contribution is -2.04. The minimum Gasteiger partial charge on any atom is -0.505 e. The van der Waals surface area contributed by atoms with Gasteiger partial charge in [-0.1, -0.05) is 13.8 Å². The van der Waals surface area contributed by atoms with Crippen LogP contribution in [0.2, 0.25) is 0 Å². The van der Waals surface area contributed by atoms with Crippen molar-refractivity contribution in [2.24, 2.45) is 0 Å². The highest BCUT2D eigenvalue weighted by Gasteiger charge is 2.14. The number of sulfone groups is 2. The van der Waals surface area contributed by atoms with E-state index in [2.05, 4.69) is 4.74 Å². The van der Waals surface area contributed by atoms with Gasteiger partial charge >= 0.3 is 0 Å². The predicted molar refractivity (Wildman–Crippen MR) is 96.5 cm³/mol. The van der Waals surface area contributed by atoms with Crippen LogP contribution in [0.15, 0.2) is 46.2 Å². The lowest BCUT2D eigenvalue weighted by atomic mass is 10.3. The summed E-state index contributed by atoms with van der Waals surface area (Å²) in [5, 5.41) is 8.81. The summed E-state index contributed by atoms with van der Waals surface area (Å²) in [6.07, 6.45) is 0. The van der Waals surface area contributed by atoms with Crippen molar-refractivity contribution < 1.29 is 35.5 Å². The van der Waals surface area contributed by atoms with Crippen molar-refractivity contribution in [3.05, 3.63) is 48.0 Å². The predicted octanol–water partition coefficient (Wildman–Crippen LogP) is 2.95. The molecule has 0 radical (unpaired) electrons. The highest BCUT2D eigenvalue weighted by molar-refractivity contribution is 7.91. The molecule has 0 heterocycles. The molecule has 0 aliphatic heterocycles. The van der Waals surface area contributed by atoms with Gasteiger partial charge in [0, 0.05) is 0 Å². The molecule has 0 aromatic heterocycles.